The molecule has 0 fully saturated rings. The van der Waals surface area contributed by atoms with Crippen molar-refractivity contribution in [2.75, 3.05) is 0 Å². The van der Waals surface area contributed by atoms with Crippen molar-refractivity contribution in [2.45, 2.75) is 284 Å². The summed E-state index contributed by atoms with van der Waals surface area (Å²) in [5.74, 6) is 9.63. The highest BCUT2D eigenvalue weighted by molar-refractivity contribution is 5.73. The molecule has 0 spiro atoms. The number of carbonyl (C=O) groups is 4. The molecule has 6 N–H and O–H groups in total. The first-order chi connectivity index (χ1) is 29.2. The number of hydrogen-bond acceptors (Lipinski definition) is 4. The molecule has 0 unspecified atom stereocenters. The molecule has 8 heteroatoms. The van der Waals surface area contributed by atoms with Gasteiger partial charge in [0.2, 0.25) is 11.8 Å². The summed E-state index contributed by atoms with van der Waals surface area (Å²) in [6, 6.07) is 0. The molecule has 0 saturated carbocycles. The van der Waals surface area contributed by atoms with Crippen LogP contribution in [0.2, 0.25) is 0 Å². The molecule has 0 saturated heterocycles. The number of hydrogen-bond donors (Lipinski definition) is 4. The van der Waals surface area contributed by atoms with E-state index in [1.54, 1.807) is 0 Å². The van der Waals surface area contributed by atoms with Crippen LogP contribution in [0.5, 0.6) is 0 Å². The van der Waals surface area contributed by atoms with E-state index in [9.17, 15) is 19.2 Å². The topological polar surface area (TPSA) is 161 Å². The Morgan fingerprint density at radius 3 is 0.733 bits per heavy atom. The predicted molar refractivity (Wildman–Crippen MR) is 254 cm³/mol. The molecule has 0 bridgehead atoms. The Labute approximate surface area is 370 Å². The van der Waals surface area contributed by atoms with E-state index in [-0.39, 0.29) is 24.7 Å². The van der Waals surface area contributed by atoms with Gasteiger partial charge in [-0.05, 0) is 50.4 Å². The largest absolute Gasteiger partial charge is 0.481 e. The first-order valence-electron chi connectivity index (χ1n) is 25.1. The quantitative estimate of drug-likeness (QED) is 0.0353. The van der Waals surface area contributed by atoms with Gasteiger partial charge in [0, 0.05) is 38.5 Å². The Morgan fingerprint density at radius 2 is 0.517 bits per heavy atom. The zero-order chi connectivity index (χ0) is 44.8. The minimum atomic E-state index is -0.745. The fraction of sp³-hybridized carbons (Fsp3) is 0.846. The molecule has 0 aromatic carbocycles. The first-order valence-corrected chi connectivity index (χ1v) is 25.1. The lowest BCUT2D eigenvalue weighted by Crippen LogP contribution is -2.09. The third-order valence-corrected chi connectivity index (χ3v) is 10.7. The molecule has 0 radical (unpaired) electrons. The molecule has 0 aliphatic rings. The summed E-state index contributed by atoms with van der Waals surface area (Å²) in [7, 11) is 0. The number of primary amides is 2. The van der Waals surface area contributed by atoms with Gasteiger partial charge in [-0.1, -0.05) is 218 Å². The van der Waals surface area contributed by atoms with E-state index >= 15 is 0 Å². The molecule has 0 heterocycles. The van der Waals surface area contributed by atoms with Crippen LogP contribution in [0.4, 0.5) is 0 Å². The van der Waals surface area contributed by atoms with Gasteiger partial charge in [0.1, 0.15) is 0 Å². The second kappa shape index (κ2) is 56.0. The minimum Gasteiger partial charge on any atom is -0.481 e. The number of unbranched alkanes of at least 4 members (excludes halogenated alkanes) is 34. The van der Waals surface area contributed by atoms with Gasteiger partial charge in [0.05, 0.1) is 0 Å². The normalized spacial score (nSPS) is 10.2. The van der Waals surface area contributed by atoms with Crippen LogP contribution < -0.4 is 11.5 Å². The average molecular weight is 845 g/mol. The highest BCUT2D eigenvalue weighted by Crippen LogP contribution is 2.15. The van der Waals surface area contributed by atoms with E-state index in [0.29, 0.717) is 25.7 Å². The summed E-state index contributed by atoms with van der Waals surface area (Å²) < 4.78 is 0. The summed E-state index contributed by atoms with van der Waals surface area (Å²) in [5.41, 5.74) is 10.2. The molecule has 0 atom stereocenters. The Hall–Kier alpha value is -3.00. The third kappa shape index (κ3) is 69.6. The maximum absolute atomic E-state index is 10.6. The molecular formula is C52H96N2O6. The van der Waals surface area contributed by atoms with Gasteiger partial charge in [-0.3, -0.25) is 19.2 Å². The van der Waals surface area contributed by atoms with Crippen molar-refractivity contribution in [1.82, 2.24) is 0 Å². The molecular weight excluding hydrogens is 749 g/mol. The number of aliphatic carboxylic acids is 2. The summed E-state index contributed by atoms with van der Waals surface area (Å²) in [6.45, 7) is 4.55. The SMILES string of the molecule is CCCCCCCCCCCCCCCCCC(N)=O.CCCCCCCCCCCCCCCCCC(N)=O.O=C(O)CCCCCC#CC#CCCCCCC(=O)O. The van der Waals surface area contributed by atoms with Gasteiger partial charge in [-0.25, -0.2) is 0 Å². The molecule has 0 aromatic heterocycles. The van der Waals surface area contributed by atoms with Gasteiger partial charge in [0.15, 0.2) is 0 Å². The number of carbonyl (C=O) groups excluding carboxylic acids is 2. The van der Waals surface area contributed by atoms with Crippen molar-refractivity contribution < 1.29 is 29.4 Å². The zero-order valence-electron chi connectivity index (χ0n) is 39.4. The van der Waals surface area contributed by atoms with Crippen LogP contribution in [0, 0.1) is 23.7 Å². The summed E-state index contributed by atoms with van der Waals surface area (Å²) >= 11 is 0. The van der Waals surface area contributed by atoms with Crippen molar-refractivity contribution in [2.24, 2.45) is 11.5 Å². The molecule has 0 aliphatic carbocycles. The lowest BCUT2D eigenvalue weighted by atomic mass is 10.0. The zero-order valence-corrected chi connectivity index (χ0v) is 39.4. The molecule has 350 valence electrons. The second-order valence-electron chi connectivity index (χ2n) is 16.8. The van der Waals surface area contributed by atoms with Crippen LogP contribution in [-0.4, -0.2) is 34.0 Å². The van der Waals surface area contributed by atoms with Crippen molar-refractivity contribution in [3.8, 4) is 23.7 Å². The number of nitrogens with two attached hydrogens (primary N) is 2. The molecule has 2 amide bonds. The lowest BCUT2D eigenvalue weighted by molar-refractivity contribution is -0.138. The number of rotatable bonds is 42. The lowest BCUT2D eigenvalue weighted by Gasteiger charge is -2.03. The van der Waals surface area contributed by atoms with E-state index in [2.05, 4.69) is 37.5 Å². The van der Waals surface area contributed by atoms with Gasteiger partial charge in [0.25, 0.3) is 0 Å². The summed E-state index contributed by atoms with van der Waals surface area (Å²) in [5, 5.41) is 16.9. The van der Waals surface area contributed by atoms with E-state index in [0.717, 1.165) is 51.4 Å². The van der Waals surface area contributed by atoms with Crippen LogP contribution in [0.1, 0.15) is 284 Å². The van der Waals surface area contributed by atoms with Crippen LogP contribution in [-0.2, 0) is 19.2 Å². The Morgan fingerprint density at radius 1 is 0.317 bits per heavy atom. The first kappa shape index (κ1) is 61.3. The number of carboxylic acids is 2. The van der Waals surface area contributed by atoms with Gasteiger partial charge in [-0.15, -0.1) is 0 Å². The second-order valence-corrected chi connectivity index (χ2v) is 16.8. The summed E-state index contributed by atoms with van der Waals surface area (Å²) in [6.07, 6.45) is 48.8. The van der Waals surface area contributed by atoms with Crippen LogP contribution in [0.15, 0.2) is 0 Å². The van der Waals surface area contributed by atoms with Crippen LogP contribution in [0.25, 0.3) is 0 Å². The molecule has 0 aromatic rings. The smallest absolute Gasteiger partial charge is 0.303 e. The highest BCUT2D eigenvalue weighted by Gasteiger charge is 1.99. The van der Waals surface area contributed by atoms with E-state index in [4.69, 9.17) is 21.7 Å². The van der Waals surface area contributed by atoms with E-state index < -0.39 is 11.9 Å². The van der Waals surface area contributed by atoms with Gasteiger partial charge in [-0.2, -0.15) is 0 Å². The van der Waals surface area contributed by atoms with Crippen LogP contribution in [0.3, 0.4) is 0 Å². The van der Waals surface area contributed by atoms with Crippen molar-refractivity contribution >= 4 is 23.8 Å². The van der Waals surface area contributed by atoms with Gasteiger partial charge >= 0.3 is 11.9 Å². The van der Waals surface area contributed by atoms with E-state index in [1.807, 2.05) is 0 Å². The van der Waals surface area contributed by atoms with Crippen molar-refractivity contribution in [3.63, 3.8) is 0 Å². The van der Waals surface area contributed by atoms with Crippen molar-refractivity contribution in [1.29, 1.82) is 0 Å². The Balaban J connectivity index is -0.000000812. The number of amides is 2. The van der Waals surface area contributed by atoms with Crippen molar-refractivity contribution in [3.05, 3.63) is 0 Å². The van der Waals surface area contributed by atoms with Crippen LogP contribution >= 0.6 is 0 Å². The average Bonchev–Trinajstić information content (AvgIpc) is 3.21. The maximum Gasteiger partial charge on any atom is 0.303 e. The Kier molecular flexibility index (Phi) is 57.2. The minimum absolute atomic E-state index is 0.153. The maximum atomic E-state index is 10.6. The van der Waals surface area contributed by atoms with Gasteiger partial charge < -0.3 is 21.7 Å². The third-order valence-electron chi connectivity index (χ3n) is 10.7. The molecule has 0 aliphatic heterocycles. The highest BCUT2D eigenvalue weighted by atomic mass is 16.4. The Bertz CT molecular complexity index is 986. The predicted octanol–water partition coefficient (Wildman–Crippen LogP) is 14.5. The fourth-order valence-electron chi connectivity index (χ4n) is 6.89. The molecule has 8 nitrogen and oxygen atoms in total. The molecule has 60 heavy (non-hydrogen) atoms. The fourth-order valence-corrected chi connectivity index (χ4v) is 6.89. The van der Waals surface area contributed by atoms with E-state index in [1.165, 1.54) is 180 Å². The monoisotopic (exact) mass is 845 g/mol. The number of carboxylic acid groups (broad SMARTS) is 2. The molecule has 0 rings (SSSR count). The summed E-state index contributed by atoms with van der Waals surface area (Å²) in [4.78, 5) is 41.6. The standard InChI is InChI=1S/2C18H37NO.C16H22O4/c2*1-2-3-4-5-6-7-8-9-10-11-12-13-14-15-16-17-18(19)20;17-15(18)13-11-9-7-5-3-1-2-4-6-8-10-12-14-16(19)20/h2*2-17H2,1H3,(H2,19,20);5-14H2,(H,17,18)(H,19,20).